The summed E-state index contributed by atoms with van der Waals surface area (Å²) in [6, 6.07) is 3.26. The first kappa shape index (κ1) is 8.85. The molecule has 1 aliphatic carbocycles. The molecule has 2 heterocycles. The fourth-order valence-corrected chi connectivity index (χ4v) is 2.01. The first-order valence-corrected chi connectivity index (χ1v) is 4.94. The van der Waals surface area contributed by atoms with Gasteiger partial charge in [0, 0.05) is 12.4 Å². The second kappa shape index (κ2) is 2.58. The van der Waals surface area contributed by atoms with Crippen LogP contribution in [0.25, 0.3) is 11.0 Å². The standard InChI is InChI=1S/C11H11FN2O/c1-14-9(11(15)2-3-11)5-7-4-8(12)6-13-10(7)14/h4-6,15H,2-3H2,1H3. The smallest absolute Gasteiger partial charge is 0.142 e. The number of hydrogen-bond donors (Lipinski definition) is 1. The van der Waals surface area contributed by atoms with Gasteiger partial charge in [0.2, 0.25) is 0 Å². The minimum Gasteiger partial charge on any atom is -0.384 e. The number of hydrogen-bond acceptors (Lipinski definition) is 2. The van der Waals surface area contributed by atoms with Gasteiger partial charge >= 0.3 is 0 Å². The van der Waals surface area contributed by atoms with E-state index in [0.29, 0.717) is 5.65 Å². The molecule has 0 radical (unpaired) electrons. The van der Waals surface area contributed by atoms with Crippen LogP contribution < -0.4 is 0 Å². The Morgan fingerprint density at radius 3 is 2.87 bits per heavy atom. The lowest BCUT2D eigenvalue weighted by Gasteiger charge is -2.08. The highest BCUT2D eigenvalue weighted by Gasteiger charge is 2.44. The van der Waals surface area contributed by atoms with E-state index in [1.54, 1.807) is 0 Å². The molecule has 2 aromatic rings. The first-order valence-electron chi connectivity index (χ1n) is 4.94. The molecule has 2 aromatic heterocycles. The molecule has 1 aliphatic rings. The van der Waals surface area contributed by atoms with Gasteiger partial charge in [-0.05, 0) is 25.0 Å². The first-order chi connectivity index (χ1) is 7.10. The van der Waals surface area contributed by atoms with E-state index in [1.165, 1.54) is 12.3 Å². The van der Waals surface area contributed by atoms with Crippen LogP contribution in [0.2, 0.25) is 0 Å². The van der Waals surface area contributed by atoms with Crippen LogP contribution in [-0.4, -0.2) is 14.7 Å². The minimum absolute atomic E-state index is 0.345. The average molecular weight is 206 g/mol. The van der Waals surface area contributed by atoms with Crippen LogP contribution in [0.1, 0.15) is 18.5 Å². The number of pyridine rings is 1. The molecule has 3 rings (SSSR count). The summed E-state index contributed by atoms with van der Waals surface area (Å²) in [6.07, 6.45) is 2.75. The van der Waals surface area contributed by atoms with Crippen molar-refractivity contribution in [1.29, 1.82) is 0 Å². The van der Waals surface area contributed by atoms with Crippen LogP contribution in [0.5, 0.6) is 0 Å². The lowest BCUT2D eigenvalue weighted by Crippen LogP contribution is -2.10. The molecule has 0 spiro atoms. The zero-order valence-corrected chi connectivity index (χ0v) is 8.37. The molecule has 1 N–H and O–H groups in total. The predicted molar refractivity (Wildman–Crippen MR) is 53.8 cm³/mol. The topological polar surface area (TPSA) is 38.0 Å². The lowest BCUT2D eigenvalue weighted by atomic mass is 10.2. The van der Waals surface area contributed by atoms with Crippen LogP contribution in [0.3, 0.4) is 0 Å². The Hall–Kier alpha value is -1.42. The number of aryl methyl sites for hydroxylation is 1. The third-order valence-corrected chi connectivity index (χ3v) is 3.03. The van der Waals surface area contributed by atoms with Crippen molar-refractivity contribution in [3.8, 4) is 0 Å². The summed E-state index contributed by atoms with van der Waals surface area (Å²) in [5, 5.41) is 10.8. The Balaban J connectivity index is 2.29. The summed E-state index contributed by atoms with van der Waals surface area (Å²) in [5.41, 5.74) is 0.841. The highest BCUT2D eigenvalue weighted by molar-refractivity contribution is 5.77. The van der Waals surface area contributed by atoms with E-state index in [-0.39, 0.29) is 5.82 Å². The van der Waals surface area contributed by atoms with E-state index in [1.807, 2.05) is 17.7 Å². The van der Waals surface area contributed by atoms with Crippen molar-refractivity contribution >= 4 is 11.0 Å². The highest BCUT2D eigenvalue weighted by atomic mass is 19.1. The molecule has 0 saturated heterocycles. The van der Waals surface area contributed by atoms with Crippen LogP contribution >= 0.6 is 0 Å². The molecule has 0 aromatic carbocycles. The number of rotatable bonds is 1. The van der Waals surface area contributed by atoms with Crippen molar-refractivity contribution in [3.05, 3.63) is 29.8 Å². The highest BCUT2D eigenvalue weighted by Crippen LogP contribution is 2.46. The molecule has 0 unspecified atom stereocenters. The van der Waals surface area contributed by atoms with Gasteiger partial charge in [-0.15, -0.1) is 0 Å². The van der Waals surface area contributed by atoms with Gasteiger partial charge in [-0.2, -0.15) is 0 Å². The molecule has 0 amide bonds. The Morgan fingerprint density at radius 2 is 2.20 bits per heavy atom. The fourth-order valence-electron chi connectivity index (χ4n) is 2.01. The predicted octanol–water partition coefficient (Wildman–Crippen LogP) is 1.69. The Morgan fingerprint density at radius 1 is 1.47 bits per heavy atom. The summed E-state index contributed by atoms with van der Waals surface area (Å²) in [7, 11) is 1.85. The van der Waals surface area contributed by atoms with Crippen molar-refractivity contribution in [3.63, 3.8) is 0 Å². The van der Waals surface area contributed by atoms with Gasteiger partial charge in [-0.1, -0.05) is 0 Å². The van der Waals surface area contributed by atoms with Gasteiger partial charge in [0.15, 0.2) is 0 Å². The molecule has 3 nitrogen and oxygen atoms in total. The minimum atomic E-state index is -0.702. The van der Waals surface area contributed by atoms with E-state index >= 15 is 0 Å². The van der Waals surface area contributed by atoms with Crippen LogP contribution in [0, 0.1) is 5.82 Å². The van der Waals surface area contributed by atoms with Crippen LogP contribution in [-0.2, 0) is 12.6 Å². The maximum atomic E-state index is 13.0. The quantitative estimate of drug-likeness (QED) is 0.771. The van der Waals surface area contributed by atoms with Gasteiger partial charge < -0.3 is 9.67 Å². The van der Waals surface area contributed by atoms with Crippen molar-refractivity contribution in [2.75, 3.05) is 0 Å². The molecular formula is C11H11FN2O. The van der Waals surface area contributed by atoms with Gasteiger partial charge in [-0.3, -0.25) is 0 Å². The molecule has 0 aliphatic heterocycles. The van der Waals surface area contributed by atoms with Crippen molar-refractivity contribution < 1.29 is 9.50 Å². The SMILES string of the molecule is Cn1c(C2(O)CC2)cc2cc(F)cnc21. The molecule has 1 fully saturated rings. The van der Waals surface area contributed by atoms with Crippen LogP contribution in [0.15, 0.2) is 18.3 Å². The monoisotopic (exact) mass is 206 g/mol. The number of aromatic nitrogens is 2. The van der Waals surface area contributed by atoms with Crippen molar-refractivity contribution in [2.24, 2.45) is 7.05 Å². The van der Waals surface area contributed by atoms with E-state index in [0.717, 1.165) is 23.9 Å². The number of halogens is 1. The Labute approximate surface area is 86.2 Å². The third kappa shape index (κ3) is 1.18. The largest absolute Gasteiger partial charge is 0.384 e. The second-order valence-corrected chi connectivity index (χ2v) is 4.19. The average Bonchev–Trinajstić information content (AvgIpc) is 2.84. The normalized spacial score (nSPS) is 18.3. The summed E-state index contributed by atoms with van der Waals surface area (Å²) in [6.45, 7) is 0. The zero-order chi connectivity index (χ0) is 10.6. The van der Waals surface area contributed by atoms with E-state index in [2.05, 4.69) is 4.98 Å². The van der Waals surface area contributed by atoms with E-state index < -0.39 is 5.60 Å². The van der Waals surface area contributed by atoms with Crippen molar-refractivity contribution in [2.45, 2.75) is 18.4 Å². The molecule has 1 saturated carbocycles. The molecular weight excluding hydrogens is 195 g/mol. The molecule has 15 heavy (non-hydrogen) atoms. The van der Waals surface area contributed by atoms with E-state index in [9.17, 15) is 9.50 Å². The number of aliphatic hydroxyl groups is 1. The van der Waals surface area contributed by atoms with Gasteiger partial charge in [0.1, 0.15) is 17.1 Å². The summed E-state index contributed by atoms with van der Waals surface area (Å²) in [5.74, 6) is -0.345. The van der Waals surface area contributed by atoms with E-state index in [4.69, 9.17) is 0 Å². The summed E-state index contributed by atoms with van der Waals surface area (Å²) < 4.78 is 14.8. The maximum absolute atomic E-state index is 13.0. The lowest BCUT2D eigenvalue weighted by molar-refractivity contribution is 0.143. The fraction of sp³-hybridized carbons (Fsp3) is 0.364. The second-order valence-electron chi connectivity index (χ2n) is 4.19. The molecule has 4 heteroatoms. The molecule has 78 valence electrons. The Kier molecular flexibility index (Phi) is 1.52. The van der Waals surface area contributed by atoms with Crippen molar-refractivity contribution in [1.82, 2.24) is 9.55 Å². The number of nitrogens with zero attached hydrogens (tertiary/aromatic N) is 2. The third-order valence-electron chi connectivity index (χ3n) is 3.03. The van der Waals surface area contributed by atoms with Gasteiger partial charge in [0.25, 0.3) is 0 Å². The van der Waals surface area contributed by atoms with Gasteiger partial charge in [-0.25, -0.2) is 9.37 Å². The maximum Gasteiger partial charge on any atom is 0.142 e. The summed E-state index contributed by atoms with van der Waals surface area (Å²) in [4.78, 5) is 4.02. The summed E-state index contributed by atoms with van der Waals surface area (Å²) >= 11 is 0. The molecule has 0 atom stereocenters. The number of fused-ring (bicyclic) bond motifs is 1. The molecule has 0 bridgehead atoms. The zero-order valence-electron chi connectivity index (χ0n) is 8.37. The van der Waals surface area contributed by atoms with Crippen LogP contribution in [0.4, 0.5) is 4.39 Å². The van der Waals surface area contributed by atoms with Gasteiger partial charge in [0.05, 0.1) is 11.9 Å². The Bertz CT molecular complexity index is 543.